The highest BCUT2D eigenvalue weighted by molar-refractivity contribution is 6.11. The van der Waals surface area contributed by atoms with Gasteiger partial charge in [0.1, 0.15) is 0 Å². The fourth-order valence-electron chi connectivity index (χ4n) is 1.95. The SMILES string of the molecule is [B]C(CC)CCc1cc(C(C)C)cnc1CC. The van der Waals surface area contributed by atoms with Gasteiger partial charge in [0.25, 0.3) is 0 Å². The Morgan fingerprint density at radius 2 is 2.00 bits per heavy atom. The van der Waals surface area contributed by atoms with Crippen molar-refractivity contribution in [3.05, 3.63) is 29.1 Å². The van der Waals surface area contributed by atoms with E-state index in [1.165, 1.54) is 16.8 Å². The van der Waals surface area contributed by atoms with Gasteiger partial charge in [0.15, 0.2) is 0 Å². The van der Waals surface area contributed by atoms with Gasteiger partial charge in [0.2, 0.25) is 0 Å². The molecule has 0 N–H and O–H groups in total. The number of pyridine rings is 1. The third-order valence-electron chi connectivity index (χ3n) is 3.39. The average molecular weight is 229 g/mol. The van der Waals surface area contributed by atoms with Gasteiger partial charge in [0, 0.05) is 11.9 Å². The summed E-state index contributed by atoms with van der Waals surface area (Å²) in [4.78, 5) is 4.58. The lowest BCUT2D eigenvalue weighted by molar-refractivity contribution is 0.705. The van der Waals surface area contributed by atoms with Crippen LogP contribution in [0.25, 0.3) is 0 Å². The molecule has 2 radical (unpaired) electrons. The summed E-state index contributed by atoms with van der Waals surface area (Å²) in [5.41, 5.74) is 3.96. The first kappa shape index (κ1) is 14.3. The molecule has 0 spiro atoms. The molecular formula is C15H24BN. The molecule has 1 heterocycles. The van der Waals surface area contributed by atoms with Crippen molar-refractivity contribution >= 4 is 7.85 Å². The van der Waals surface area contributed by atoms with Crippen molar-refractivity contribution < 1.29 is 0 Å². The first-order valence-corrected chi connectivity index (χ1v) is 6.81. The molecule has 1 rings (SSSR count). The van der Waals surface area contributed by atoms with E-state index in [0.717, 1.165) is 25.7 Å². The Hall–Kier alpha value is -0.785. The lowest BCUT2D eigenvalue weighted by Crippen LogP contribution is -2.02. The van der Waals surface area contributed by atoms with Crippen LogP contribution in [0.1, 0.15) is 63.3 Å². The normalized spacial score (nSPS) is 13.0. The van der Waals surface area contributed by atoms with Gasteiger partial charge in [0.05, 0.1) is 7.85 Å². The van der Waals surface area contributed by atoms with Crippen LogP contribution in [0.2, 0.25) is 5.82 Å². The summed E-state index contributed by atoms with van der Waals surface area (Å²) in [6.45, 7) is 8.74. The van der Waals surface area contributed by atoms with Crippen molar-refractivity contribution in [1.82, 2.24) is 4.98 Å². The molecule has 17 heavy (non-hydrogen) atoms. The molecule has 2 heteroatoms. The second-order valence-corrected chi connectivity index (χ2v) is 5.09. The lowest BCUT2D eigenvalue weighted by atomic mass is 9.80. The fourth-order valence-corrected chi connectivity index (χ4v) is 1.95. The van der Waals surface area contributed by atoms with Crippen LogP contribution < -0.4 is 0 Å². The van der Waals surface area contributed by atoms with E-state index in [1.807, 2.05) is 6.20 Å². The van der Waals surface area contributed by atoms with Gasteiger partial charge in [-0.1, -0.05) is 52.4 Å². The lowest BCUT2D eigenvalue weighted by Gasteiger charge is -2.14. The number of aromatic nitrogens is 1. The monoisotopic (exact) mass is 229 g/mol. The van der Waals surface area contributed by atoms with E-state index in [9.17, 15) is 0 Å². The molecule has 1 atom stereocenters. The first-order chi connectivity index (χ1) is 8.08. The predicted molar refractivity (Wildman–Crippen MR) is 75.8 cm³/mol. The van der Waals surface area contributed by atoms with Crippen molar-refractivity contribution in [2.24, 2.45) is 0 Å². The maximum atomic E-state index is 5.99. The van der Waals surface area contributed by atoms with Crippen LogP contribution >= 0.6 is 0 Å². The van der Waals surface area contributed by atoms with Gasteiger partial charge in [-0.3, -0.25) is 4.98 Å². The minimum Gasteiger partial charge on any atom is -0.261 e. The Bertz CT molecular complexity index is 347. The van der Waals surface area contributed by atoms with Crippen molar-refractivity contribution in [3.8, 4) is 0 Å². The fraction of sp³-hybridized carbons (Fsp3) is 0.667. The second kappa shape index (κ2) is 6.83. The van der Waals surface area contributed by atoms with E-state index >= 15 is 0 Å². The van der Waals surface area contributed by atoms with Gasteiger partial charge >= 0.3 is 0 Å². The summed E-state index contributed by atoms with van der Waals surface area (Å²) in [6, 6.07) is 2.32. The molecule has 1 nitrogen and oxygen atoms in total. The highest BCUT2D eigenvalue weighted by Crippen LogP contribution is 2.21. The van der Waals surface area contributed by atoms with Crippen LogP contribution in [0.4, 0.5) is 0 Å². The summed E-state index contributed by atoms with van der Waals surface area (Å²) in [6.07, 6.45) is 6.21. The number of hydrogen-bond acceptors (Lipinski definition) is 1. The molecule has 1 unspecified atom stereocenters. The van der Waals surface area contributed by atoms with Crippen LogP contribution in [-0.2, 0) is 12.8 Å². The molecule has 92 valence electrons. The van der Waals surface area contributed by atoms with Gasteiger partial charge in [-0.05, 0) is 29.9 Å². The maximum absolute atomic E-state index is 5.99. The zero-order chi connectivity index (χ0) is 12.8. The Morgan fingerprint density at radius 3 is 2.53 bits per heavy atom. The van der Waals surface area contributed by atoms with Gasteiger partial charge in [-0.25, -0.2) is 0 Å². The van der Waals surface area contributed by atoms with Crippen LogP contribution in [-0.4, -0.2) is 12.8 Å². The number of hydrogen-bond donors (Lipinski definition) is 0. The molecule has 0 bridgehead atoms. The van der Waals surface area contributed by atoms with Crippen molar-refractivity contribution in [3.63, 3.8) is 0 Å². The molecule has 0 aromatic carbocycles. The molecule has 0 amide bonds. The maximum Gasteiger partial charge on any atom is 0.0699 e. The number of aryl methyl sites for hydroxylation is 2. The van der Waals surface area contributed by atoms with E-state index < -0.39 is 0 Å². The predicted octanol–water partition coefficient (Wildman–Crippen LogP) is 4.07. The minimum absolute atomic E-state index is 0.322. The number of nitrogens with zero attached hydrogens (tertiary/aromatic N) is 1. The smallest absolute Gasteiger partial charge is 0.0699 e. The van der Waals surface area contributed by atoms with Crippen LogP contribution in [0, 0.1) is 0 Å². The Labute approximate surface area is 107 Å². The van der Waals surface area contributed by atoms with Crippen molar-refractivity contribution in [1.29, 1.82) is 0 Å². The van der Waals surface area contributed by atoms with Crippen molar-refractivity contribution in [2.75, 3.05) is 0 Å². The quantitative estimate of drug-likeness (QED) is 0.670. The van der Waals surface area contributed by atoms with Crippen LogP contribution in [0.3, 0.4) is 0 Å². The average Bonchev–Trinajstić information content (AvgIpc) is 2.35. The Balaban J connectivity index is 2.82. The summed E-state index contributed by atoms with van der Waals surface area (Å²) in [7, 11) is 5.99. The third kappa shape index (κ3) is 4.18. The molecule has 0 aliphatic carbocycles. The summed E-state index contributed by atoms with van der Waals surface area (Å²) >= 11 is 0. The summed E-state index contributed by atoms with van der Waals surface area (Å²) in [5, 5.41) is 0. The van der Waals surface area contributed by atoms with E-state index in [-0.39, 0.29) is 0 Å². The van der Waals surface area contributed by atoms with E-state index in [1.54, 1.807) is 0 Å². The van der Waals surface area contributed by atoms with Gasteiger partial charge in [-0.2, -0.15) is 0 Å². The van der Waals surface area contributed by atoms with Gasteiger partial charge in [-0.15, -0.1) is 0 Å². The standard InChI is InChI=1S/C15H24BN/c1-5-14(16)8-7-12-9-13(11(3)4)10-17-15(12)6-2/h9-11,14H,5-8H2,1-4H3. The molecular weight excluding hydrogens is 205 g/mol. The Kier molecular flexibility index (Phi) is 5.74. The first-order valence-electron chi connectivity index (χ1n) is 6.81. The Morgan fingerprint density at radius 1 is 1.29 bits per heavy atom. The van der Waals surface area contributed by atoms with E-state index in [4.69, 9.17) is 7.85 Å². The van der Waals surface area contributed by atoms with Crippen molar-refractivity contribution in [2.45, 2.75) is 65.1 Å². The van der Waals surface area contributed by atoms with Crippen LogP contribution in [0.15, 0.2) is 12.3 Å². The molecule has 0 aliphatic heterocycles. The molecule has 1 aromatic rings. The zero-order valence-corrected chi connectivity index (χ0v) is 11.7. The minimum atomic E-state index is 0.322. The topological polar surface area (TPSA) is 12.9 Å². The van der Waals surface area contributed by atoms with Crippen LogP contribution in [0.5, 0.6) is 0 Å². The highest BCUT2D eigenvalue weighted by Gasteiger charge is 2.08. The second-order valence-electron chi connectivity index (χ2n) is 5.09. The number of rotatable bonds is 6. The largest absolute Gasteiger partial charge is 0.261 e. The summed E-state index contributed by atoms with van der Waals surface area (Å²) in [5.74, 6) is 0.870. The highest BCUT2D eigenvalue weighted by atomic mass is 14.7. The zero-order valence-electron chi connectivity index (χ0n) is 11.7. The van der Waals surface area contributed by atoms with E-state index in [0.29, 0.717) is 11.7 Å². The molecule has 0 saturated heterocycles. The van der Waals surface area contributed by atoms with E-state index in [2.05, 4.69) is 38.7 Å². The van der Waals surface area contributed by atoms with Gasteiger partial charge < -0.3 is 0 Å². The molecule has 0 aliphatic rings. The molecule has 0 fully saturated rings. The molecule has 1 aromatic heterocycles. The summed E-state index contributed by atoms with van der Waals surface area (Å²) < 4.78 is 0. The molecule has 0 saturated carbocycles. The third-order valence-corrected chi connectivity index (χ3v) is 3.39.